The average Bonchev–Trinajstić information content (AvgIpc) is 2.67. The van der Waals surface area contributed by atoms with Crippen molar-refractivity contribution >= 4 is 15.7 Å². The van der Waals surface area contributed by atoms with Gasteiger partial charge in [-0.05, 0) is 24.6 Å². The number of hydrogen-bond acceptors (Lipinski definition) is 3. The quantitative estimate of drug-likeness (QED) is 0.742. The van der Waals surface area contributed by atoms with Crippen molar-refractivity contribution in [2.24, 2.45) is 0 Å². The second-order valence-electron chi connectivity index (χ2n) is 3.75. The van der Waals surface area contributed by atoms with E-state index in [0.29, 0.717) is 24.2 Å². The summed E-state index contributed by atoms with van der Waals surface area (Å²) in [5.74, 6) is 5.51. The van der Waals surface area contributed by atoms with Crippen LogP contribution in [-0.4, -0.2) is 32.4 Å². The predicted molar refractivity (Wildman–Crippen MR) is 66.2 cm³/mol. The smallest absolute Gasteiger partial charge is 0.235 e. The molecule has 1 heterocycles. The van der Waals surface area contributed by atoms with Crippen LogP contribution in [0.3, 0.4) is 0 Å². The Bertz CT molecular complexity index is 569. The van der Waals surface area contributed by atoms with Crippen molar-refractivity contribution in [2.75, 3.05) is 23.2 Å². The summed E-state index contributed by atoms with van der Waals surface area (Å²) in [6.07, 6.45) is 0.662. The Balaban J connectivity index is 2.34. The molecule has 90 valence electrons. The number of hydrogen-bond donors (Lipinski definition) is 1. The lowest BCUT2D eigenvalue weighted by Crippen LogP contribution is -2.24. The van der Waals surface area contributed by atoms with Gasteiger partial charge in [-0.3, -0.25) is 4.31 Å². The van der Waals surface area contributed by atoms with Crippen molar-refractivity contribution in [2.45, 2.75) is 6.42 Å². The molecule has 1 saturated heterocycles. The lowest BCUT2D eigenvalue weighted by atomic mass is 10.2. The fourth-order valence-electron chi connectivity index (χ4n) is 1.81. The van der Waals surface area contributed by atoms with E-state index < -0.39 is 10.0 Å². The zero-order valence-electron chi connectivity index (χ0n) is 9.26. The molecule has 0 aliphatic carbocycles. The molecule has 0 bridgehead atoms. The van der Waals surface area contributed by atoms with Gasteiger partial charge >= 0.3 is 0 Å². The largest absolute Gasteiger partial charge is 0.384 e. The maximum atomic E-state index is 11.7. The summed E-state index contributed by atoms with van der Waals surface area (Å²) in [5.41, 5.74) is 1.35. The van der Waals surface area contributed by atoms with Gasteiger partial charge in [-0.25, -0.2) is 8.42 Å². The minimum Gasteiger partial charge on any atom is -0.384 e. The van der Waals surface area contributed by atoms with Crippen LogP contribution in [0.4, 0.5) is 5.69 Å². The Morgan fingerprint density at radius 1 is 1.41 bits per heavy atom. The first-order valence-electron chi connectivity index (χ1n) is 5.34. The minimum atomic E-state index is -3.14. The third kappa shape index (κ3) is 2.60. The first-order chi connectivity index (χ1) is 8.13. The standard InChI is InChI=1S/C12H13NO3S/c14-8-2-5-11-4-1-6-12(10-11)13-7-3-9-17(13,15)16/h1,4,6,10,14H,3,7-9H2. The van der Waals surface area contributed by atoms with Crippen LogP contribution in [0.1, 0.15) is 12.0 Å². The highest BCUT2D eigenvalue weighted by Crippen LogP contribution is 2.24. The predicted octanol–water partition coefficient (Wildman–Crippen LogP) is 0.570. The molecule has 1 N–H and O–H groups in total. The summed E-state index contributed by atoms with van der Waals surface area (Å²) in [7, 11) is -3.14. The summed E-state index contributed by atoms with van der Waals surface area (Å²) >= 11 is 0. The van der Waals surface area contributed by atoms with Gasteiger partial charge in [-0.1, -0.05) is 17.9 Å². The Hall–Kier alpha value is -1.51. The van der Waals surface area contributed by atoms with Crippen molar-refractivity contribution < 1.29 is 13.5 Å². The number of rotatable bonds is 1. The van der Waals surface area contributed by atoms with E-state index in [-0.39, 0.29) is 12.4 Å². The van der Waals surface area contributed by atoms with Crippen LogP contribution < -0.4 is 4.31 Å². The van der Waals surface area contributed by atoms with E-state index in [0.717, 1.165) is 0 Å². The molecule has 0 unspecified atom stereocenters. The van der Waals surface area contributed by atoms with Crippen molar-refractivity contribution in [1.29, 1.82) is 0 Å². The first kappa shape index (κ1) is 12.0. The fraction of sp³-hybridized carbons (Fsp3) is 0.333. The van der Waals surface area contributed by atoms with Crippen LogP contribution >= 0.6 is 0 Å². The van der Waals surface area contributed by atoms with E-state index in [4.69, 9.17) is 5.11 Å². The average molecular weight is 251 g/mol. The molecule has 0 aromatic heterocycles. The van der Waals surface area contributed by atoms with Gasteiger partial charge in [0.1, 0.15) is 6.61 Å². The van der Waals surface area contributed by atoms with Crippen LogP contribution in [0, 0.1) is 11.8 Å². The molecule has 0 saturated carbocycles. The highest BCUT2D eigenvalue weighted by atomic mass is 32.2. The molecule has 0 radical (unpaired) electrons. The van der Waals surface area contributed by atoms with Crippen LogP contribution in [0.15, 0.2) is 24.3 Å². The number of aliphatic hydroxyl groups excluding tert-OH is 1. The molecular weight excluding hydrogens is 238 g/mol. The van der Waals surface area contributed by atoms with Gasteiger partial charge in [0.2, 0.25) is 10.0 Å². The highest BCUT2D eigenvalue weighted by Gasteiger charge is 2.28. The van der Waals surface area contributed by atoms with Crippen LogP contribution in [0.5, 0.6) is 0 Å². The molecule has 1 aliphatic heterocycles. The summed E-state index contributed by atoms with van der Waals surface area (Å²) in [6, 6.07) is 7.04. The zero-order valence-corrected chi connectivity index (χ0v) is 10.1. The third-order valence-corrected chi connectivity index (χ3v) is 4.41. The van der Waals surface area contributed by atoms with Crippen molar-refractivity contribution in [1.82, 2.24) is 0 Å². The first-order valence-corrected chi connectivity index (χ1v) is 6.94. The maximum Gasteiger partial charge on any atom is 0.235 e. The summed E-state index contributed by atoms with van der Waals surface area (Å²) in [5, 5.41) is 8.61. The summed E-state index contributed by atoms with van der Waals surface area (Å²) < 4.78 is 24.9. The number of anilines is 1. The van der Waals surface area contributed by atoms with Crippen molar-refractivity contribution in [3.05, 3.63) is 29.8 Å². The molecule has 0 spiro atoms. The Labute approximate surface area is 101 Å². The van der Waals surface area contributed by atoms with E-state index in [9.17, 15) is 8.42 Å². The van der Waals surface area contributed by atoms with Gasteiger partial charge in [0.15, 0.2) is 0 Å². The van der Waals surface area contributed by atoms with Crippen LogP contribution in [0.2, 0.25) is 0 Å². The molecular formula is C12H13NO3S. The topological polar surface area (TPSA) is 57.6 Å². The number of aliphatic hydroxyl groups is 1. The number of nitrogens with zero attached hydrogens (tertiary/aromatic N) is 1. The summed E-state index contributed by atoms with van der Waals surface area (Å²) in [6.45, 7) is 0.325. The highest BCUT2D eigenvalue weighted by molar-refractivity contribution is 7.93. The summed E-state index contributed by atoms with van der Waals surface area (Å²) in [4.78, 5) is 0. The zero-order chi connectivity index (χ0) is 12.3. The van der Waals surface area contributed by atoms with Crippen LogP contribution in [-0.2, 0) is 10.0 Å². The van der Waals surface area contributed by atoms with Gasteiger partial charge in [0.25, 0.3) is 0 Å². The molecule has 1 aliphatic rings. The van der Waals surface area contributed by atoms with E-state index >= 15 is 0 Å². The molecule has 1 fully saturated rings. The Kier molecular flexibility index (Phi) is 3.36. The Morgan fingerprint density at radius 3 is 2.88 bits per heavy atom. The van der Waals surface area contributed by atoms with E-state index in [1.807, 2.05) is 0 Å². The molecule has 0 amide bonds. The lowest BCUT2D eigenvalue weighted by molar-refractivity contribution is 0.350. The minimum absolute atomic E-state index is 0.202. The Morgan fingerprint density at radius 2 is 2.24 bits per heavy atom. The van der Waals surface area contributed by atoms with E-state index in [2.05, 4.69) is 11.8 Å². The maximum absolute atomic E-state index is 11.7. The number of benzene rings is 1. The SMILES string of the molecule is O=S1(=O)CCCN1c1cccc(C#CCO)c1. The van der Waals surface area contributed by atoms with Crippen LogP contribution in [0.25, 0.3) is 0 Å². The van der Waals surface area contributed by atoms with E-state index in [1.165, 1.54) is 4.31 Å². The fourth-order valence-corrected chi connectivity index (χ4v) is 3.37. The molecule has 0 atom stereocenters. The van der Waals surface area contributed by atoms with Crippen molar-refractivity contribution in [3.63, 3.8) is 0 Å². The molecule has 1 aromatic rings. The third-order valence-electron chi connectivity index (χ3n) is 2.55. The second-order valence-corrected chi connectivity index (χ2v) is 5.76. The molecule has 5 heteroatoms. The number of sulfonamides is 1. The molecule has 4 nitrogen and oxygen atoms in total. The van der Waals surface area contributed by atoms with Gasteiger partial charge in [-0.15, -0.1) is 0 Å². The molecule has 1 aromatic carbocycles. The second kappa shape index (κ2) is 4.78. The normalized spacial score (nSPS) is 17.6. The molecule has 17 heavy (non-hydrogen) atoms. The monoisotopic (exact) mass is 251 g/mol. The van der Waals surface area contributed by atoms with Gasteiger partial charge < -0.3 is 5.11 Å². The van der Waals surface area contributed by atoms with E-state index in [1.54, 1.807) is 24.3 Å². The van der Waals surface area contributed by atoms with Gasteiger partial charge in [0.05, 0.1) is 11.4 Å². The molecule has 2 rings (SSSR count). The lowest BCUT2D eigenvalue weighted by Gasteiger charge is -2.16. The van der Waals surface area contributed by atoms with Crippen molar-refractivity contribution in [3.8, 4) is 11.8 Å². The van der Waals surface area contributed by atoms with Gasteiger partial charge in [0, 0.05) is 12.1 Å². The van der Waals surface area contributed by atoms with Gasteiger partial charge in [-0.2, -0.15) is 0 Å².